The first-order valence-corrected chi connectivity index (χ1v) is 11.9. The second-order valence-electron chi connectivity index (χ2n) is 8.90. The van der Waals surface area contributed by atoms with Gasteiger partial charge in [0.2, 0.25) is 5.92 Å². The number of ether oxygens (including phenoxy) is 1. The summed E-state index contributed by atoms with van der Waals surface area (Å²) in [6.45, 7) is 2.70. The van der Waals surface area contributed by atoms with E-state index < -0.39 is 36.3 Å². The van der Waals surface area contributed by atoms with E-state index in [4.69, 9.17) is 16.3 Å². The molecule has 0 radical (unpaired) electrons. The first-order valence-electron chi connectivity index (χ1n) is 11.5. The average molecular weight is 504 g/mol. The highest BCUT2D eigenvalue weighted by Crippen LogP contribution is 2.45. The Bertz CT molecular complexity index is 1200. The number of aliphatic hydroxyl groups is 1. The summed E-state index contributed by atoms with van der Waals surface area (Å²) in [5.74, 6) is -3.04. The predicted molar refractivity (Wildman–Crippen MR) is 130 cm³/mol. The quantitative estimate of drug-likeness (QED) is 0.437. The van der Waals surface area contributed by atoms with E-state index >= 15 is 0 Å². The molecule has 1 aliphatic rings. The molecule has 2 N–H and O–H groups in total. The van der Waals surface area contributed by atoms with Crippen molar-refractivity contribution in [3.05, 3.63) is 71.0 Å². The molecule has 1 heterocycles. The summed E-state index contributed by atoms with van der Waals surface area (Å²) in [6.07, 6.45) is 2.40. The normalized spacial score (nSPS) is 17.5. The molecule has 1 saturated carbocycles. The van der Waals surface area contributed by atoms with Crippen LogP contribution in [0.5, 0.6) is 5.75 Å². The van der Waals surface area contributed by atoms with Crippen LogP contribution in [0.25, 0.3) is 11.1 Å². The maximum atomic E-state index is 14.0. The molecule has 4 rings (SSSR count). The third kappa shape index (κ3) is 5.33. The van der Waals surface area contributed by atoms with Gasteiger partial charge in [-0.3, -0.25) is 9.48 Å². The van der Waals surface area contributed by atoms with Gasteiger partial charge in [0.1, 0.15) is 5.75 Å². The second kappa shape index (κ2) is 9.95. The van der Waals surface area contributed by atoms with Crippen molar-refractivity contribution < 1.29 is 23.4 Å². The zero-order valence-corrected chi connectivity index (χ0v) is 20.4. The number of amides is 1. The van der Waals surface area contributed by atoms with Crippen molar-refractivity contribution >= 4 is 17.5 Å². The Balaban J connectivity index is 1.72. The van der Waals surface area contributed by atoms with Crippen LogP contribution in [0.1, 0.15) is 54.6 Å². The lowest BCUT2D eigenvalue weighted by Gasteiger charge is -2.42. The number of methoxy groups -OCH3 is 1. The number of hydrogen-bond donors (Lipinski definition) is 2. The largest absolute Gasteiger partial charge is 0.495 e. The molecule has 1 amide bonds. The van der Waals surface area contributed by atoms with Gasteiger partial charge in [0, 0.05) is 31.1 Å². The molecule has 1 aliphatic carbocycles. The summed E-state index contributed by atoms with van der Waals surface area (Å²) in [7, 11) is 1.45. The highest BCUT2D eigenvalue weighted by atomic mass is 35.5. The van der Waals surface area contributed by atoms with Crippen molar-refractivity contribution in [2.75, 3.05) is 7.11 Å². The number of carbonyl (C=O) groups excluding carboxylic acids is 1. The van der Waals surface area contributed by atoms with Crippen molar-refractivity contribution in [3.8, 4) is 16.9 Å². The van der Waals surface area contributed by atoms with Crippen LogP contribution in [0.3, 0.4) is 0 Å². The number of halogens is 3. The summed E-state index contributed by atoms with van der Waals surface area (Å²) in [6, 6.07) is 11.2. The van der Waals surface area contributed by atoms with Crippen molar-refractivity contribution in [1.82, 2.24) is 15.1 Å². The molecule has 0 bridgehead atoms. The molecule has 9 heteroatoms. The standard InChI is InChI=1S/C26H28ClF2N3O3/c1-3-32-16-19(15-30-32)17-6-4-7-18(14-17)23(25(34)10-12-26(28,29)13-11-25)31-24(33)20-8-5-9-21(35-2)22(20)27/h4-9,14-16,23,34H,3,10-13H2,1-2H3,(H,31,33). The van der Waals surface area contributed by atoms with Gasteiger partial charge in [-0.15, -0.1) is 0 Å². The molecule has 0 spiro atoms. The molecule has 186 valence electrons. The monoisotopic (exact) mass is 503 g/mol. The third-order valence-corrected chi connectivity index (χ3v) is 6.99. The number of rotatable bonds is 7. The summed E-state index contributed by atoms with van der Waals surface area (Å²) in [5.41, 5.74) is 0.921. The van der Waals surface area contributed by atoms with E-state index in [0.29, 0.717) is 17.9 Å². The lowest BCUT2D eigenvalue weighted by Crippen LogP contribution is -2.50. The fourth-order valence-corrected chi connectivity index (χ4v) is 4.79. The summed E-state index contributed by atoms with van der Waals surface area (Å²) < 4.78 is 34.9. The van der Waals surface area contributed by atoms with Crippen LogP contribution >= 0.6 is 11.6 Å². The molecule has 6 nitrogen and oxygen atoms in total. The Kier molecular flexibility index (Phi) is 7.15. The van der Waals surface area contributed by atoms with Crippen LogP contribution in [0.2, 0.25) is 5.02 Å². The van der Waals surface area contributed by atoms with Gasteiger partial charge < -0.3 is 15.2 Å². The van der Waals surface area contributed by atoms with Crippen molar-refractivity contribution in [1.29, 1.82) is 0 Å². The number of nitrogens with one attached hydrogen (secondary N) is 1. The van der Waals surface area contributed by atoms with E-state index in [9.17, 15) is 18.7 Å². The van der Waals surface area contributed by atoms with Gasteiger partial charge >= 0.3 is 0 Å². The molecule has 3 aromatic rings. The minimum atomic E-state index is -2.84. The molecule has 0 saturated heterocycles. The maximum Gasteiger partial charge on any atom is 0.253 e. The van der Waals surface area contributed by atoms with Gasteiger partial charge in [-0.1, -0.05) is 35.9 Å². The van der Waals surface area contributed by atoms with Crippen molar-refractivity contribution in [2.45, 2.75) is 56.7 Å². The van der Waals surface area contributed by atoms with Crippen molar-refractivity contribution in [3.63, 3.8) is 0 Å². The van der Waals surface area contributed by atoms with Crippen LogP contribution in [-0.2, 0) is 6.54 Å². The van der Waals surface area contributed by atoms with E-state index in [1.165, 1.54) is 7.11 Å². The van der Waals surface area contributed by atoms with Gasteiger partial charge in [0.25, 0.3) is 5.91 Å². The van der Waals surface area contributed by atoms with Crippen LogP contribution in [0.15, 0.2) is 54.9 Å². The van der Waals surface area contributed by atoms with E-state index in [0.717, 1.165) is 11.1 Å². The first-order chi connectivity index (χ1) is 16.7. The first kappa shape index (κ1) is 25.1. The summed E-state index contributed by atoms with van der Waals surface area (Å²) in [5, 5.41) is 18.9. The Morgan fingerprint density at radius 3 is 2.57 bits per heavy atom. The molecule has 35 heavy (non-hydrogen) atoms. The molecular weight excluding hydrogens is 476 g/mol. The van der Waals surface area contributed by atoms with Crippen LogP contribution in [-0.4, -0.2) is 39.4 Å². The molecule has 1 unspecified atom stereocenters. The smallest absolute Gasteiger partial charge is 0.253 e. The van der Waals surface area contributed by atoms with Gasteiger partial charge in [-0.2, -0.15) is 5.10 Å². The van der Waals surface area contributed by atoms with E-state index in [-0.39, 0.29) is 23.4 Å². The van der Waals surface area contributed by atoms with Gasteiger partial charge in [0.15, 0.2) is 0 Å². The van der Waals surface area contributed by atoms with E-state index in [1.54, 1.807) is 35.1 Å². The fraction of sp³-hybridized carbons (Fsp3) is 0.385. The van der Waals surface area contributed by atoms with E-state index in [1.807, 2.05) is 31.3 Å². The minimum Gasteiger partial charge on any atom is -0.495 e. The summed E-state index contributed by atoms with van der Waals surface area (Å²) in [4.78, 5) is 13.3. The molecule has 1 aromatic heterocycles. The van der Waals surface area contributed by atoms with Gasteiger partial charge in [-0.05, 0) is 49.1 Å². The minimum absolute atomic E-state index is 0.133. The Morgan fingerprint density at radius 2 is 1.91 bits per heavy atom. The maximum absolute atomic E-state index is 14.0. The number of benzene rings is 2. The fourth-order valence-electron chi connectivity index (χ4n) is 4.50. The number of aryl methyl sites for hydroxylation is 1. The summed E-state index contributed by atoms with van der Waals surface area (Å²) >= 11 is 6.36. The van der Waals surface area contributed by atoms with Gasteiger partial charge in [-0.25, -0.2) is 8.78 Å². The number of alkyl halides is 2. The number of nitrogens with zero attached hydrogens (tertiary/aromatic N) is 2. The lowest BCUT2D eigenvalue weighted by molar-refractivity contribution is -0.116. The van der Waals surface area contributed by atoms with Gasteiger partial charge in [0.05, 0.1) is 35.5 Å². The number of hydrogen-bond acceptors (Lipinski definition) is 4. The van der Waals surface area contributed by atoms with Crippen molar-refractivity contribution in [2.24, 2.45) is 0 Å². The zero-order valence-electron chi connectivity index (χ0n) is 19.6. The third-order valence-electron chi connectivity index (χ3n) is 6.60. The van der Waals surface area contributed by atoms with Crippen LogP contribution in [0, 0.1) is 0 Å². The lowest BCUT2D eigenvalue weighted by atomic mass is 9.75. The van der Waals surface area contributed by atoms with E-state index in [2.05, 4.69) is 10.4 Å². The predicted octanol–water partition coefficient (Wildman–Crippen LogP) is 5.64. The SMILES string of the molecule is CCn1cc(-c2cccc(C(NC(=O)c3cccc(OC)c3Cl)C3(O)CCC(F)(F)CC3)c2)cn1. The Hall–Kier alpha value is -2.97. The number of aromatic nitrogens is 2. The van der Waals surface area contributed by atoms with Crippen LogP contribution < -0.4 is 10.1 Å². The molecule has 0 aliphatic heterocycles. The Morgan fingerprint density at radius 1 is 1.20 bits per heavy atom. The number of carbonyl (C=O) groups is 1. The highest BCUT2D eigenvalue weighted by Gasteiger charge is 2.47. The van der Waals surface area contributed by atoms with Crippen LogP contribution in [0.4, 0.5) is 8.78 Å². The Labute approximate surface area is 207 Å². The topological polar surface area (TPSA) is 76.4 Å². The zero-order chi connectivity index (χ0) is 25.2. The molecule has 2 aromatic carbocycles. The highest BCUT2D eigenvalue weighted by molar-refractivity contribution is 6.35. The second-order valence-corrected chi connectivity index (χ2v) is 9.28. The molecule has 1 atom stereocenters. The molecular formula is C26H28ClF2N3O3. The molecule has 1 fully saturated rings. The average Bonchev–Trinajstić information content (AvgIpc) is 3.34.